The summed E-state index contributed by atoms with van der Waals surface area (Å²) >= 11 is 0. The van der Waals surface area contributed by atoms with Gasteiger partial charge >= 0.3 is 13.1 Å². The molecule has 0 amide bonds. The van der Waals surface area contributed by atoms with Crippen molar-refractivity contribution in [2.24, 2.45) is 0 Å². The van der Waals surface area contributed by atoms with Crippen LogP contribution in [0.3, 0.4) is 0 Å². The van der Waals surface area contributed by atoms with E-state index in [0.717, 1.165) is 0 Å². The van der Waals surface area contributed by atoms with Gasteiger partial charge in [0.25, 0.3) is 0 Å². The number of esters is 1. The molecular weight excluding hydrogens is 187 g/mol. The molecular formula is C7H9BN2O4. The van der Waals surface area contributed by atoms with Crippen LogP contribution in [-0.4, -0.2) is 35.2 Å². The van der Waals surface area contributed by atoms with Gasteiger partial charge in [0.1, 0.15) is 11.5 Å². The Morgan fingerprint density at radius 1 is 1.57 bits per heavy atom. The van der Waals surface area contributed by atoms with Crippen molar-refractivity contribution in [3.8, 4) is 0 Å². The van der Waals surface area contributed by atoms with Crippen LogP contribution in [0.5, 0.6) is 0 Å². The Hall–Kier alpha value is -1.60. The minimum Gasteiger partial charge on any atom is -0.464 e. The van der Waals surface area contributed by atoms with E-state index in [1.165, 1.54) is 19.2 Å². The highest BCUT2D eigenvalue weighted by Gasteiger charge is 2.16. The minimum absolute atomic E-state index is 0.0241. The smallest absolute Gasteiger partial charge is 0.464 e. The van der Waals surface area contributed by atoms with Gasteiger partial charge in [0, 0.05) is 0 Å². The Bertz CT molecular complexity index is 356. The van der Waals surface area contributed by atoms with Crippen LogP contribution >= 0.6 is 0 Å². The first kappa shape index (κ1) is 10.5. The van der Waals surface area contributed by atoms with Crippen LogP contribution in [0.15, 0.2) is 12.1 Å². The Labute approximate surface area is 80.5 Å². The number of rotatable bonds is 2. The van der Waals surface area contributed by atoms with Crippen LogP contribution in [0.1, 0.15) is 10.5 Å². The molecule has 1 heterocycles. The zero-order chi connectivity index (χ0) is 10.7. The third-order valence-corrected chi connectivity index (χ3v) is 1.56. The van der Waals surface area contributed by atoms with E-state index in [9.17, 15) is 4.79 Å². The second-order valence-corrected chi connectivity index (χ2v) is 2.58. The molecule has 4 N–H and O–H groups in total. The van der Waals surface area contributed by atoms with Gasteiger partial charge in [0.15, 0.2) is 0 Å². The lowest BCUT2D eigenvalue weighted by atomic mass is 9.80. The molecule has 14 heavy (non-hydrogen) atoms. The molecule has 0 fully saturated rings. The summed E-state index contributed by atoms with van der Waals surface area (Å²) in [6.45, 7) is 0. The molecule has 7 heteroatoms. The van der Waals surface area contributed by atoms with Gasteiger partial charge in [0.05, 0.1) is 7.11 Å². The number of hydrogen-bond donors (Lipinski definition) is 3. The van der Waals surface area contributed by atoms with E-state index < -0.39 is 13.1 Å². The van der Waals surface area contributed by atoms with Crippen molar-refractivity contribution in [2.75, 3.05) is 12.8 Å². The maximum atomic E-state index is 11.0. The fourth-order valence-corrected chi connectivity index (χ4v) is 0.932. The van der Waals surface area contributed by atoms with E-state index in [-0.39, 0.29) is 17.0 Å². The van der Waals surface area contributed by atoms with Crippen LogP contribution in [0.2, 0.25) is 0 Å². The number of nitrogens with zero attached hydrogens (tertiary/aromatic N) is 1. The van der Waals surface area contributed by atoms with Crippen LogP contribution in [0, 0.1) is 0 Å². The van der Waals surface area contributed by atoms with Gasteiger partial charge < -0.3 is 20.5 Å². The molecule has 6 nitrogen and oxygen atoms in total. The molecule has 0 aromatic carbocycles. The molecule has 0 unspecified atom stereocenters. The number of ether oxygens (including phenoxy) is 1. The molecule has 0 radical (unpaired) electrons. The summed E-state index contributed by atoms with van der Waals surface area (Å²) < 4.78 is 4.41. The summed E-state index contributed by atoms with van der Waals surface area (Å²) in [6.07, 6.45) is 0. The van der Waals surface area contributed by atoms with Gasteiger partial charge in [0.2, 0.25) is 0 Å². The van der Waals surface area contributed by atoms with Gasteiger partial charge in [-0.25, -0.2) is 9.78 Å². The molecule has 0 saturated carbocycles. The zero-order valence-corrected chi connectivity index (χ0v) is 7.47. The Balaban J connectivity index is 3.13. The van der Waals surface area contributed by atoms with Crippen molar-refractivity contribution in [3.63, 3.8) is 0 Å². The second kappa shape index (κ2) is 4.08. The summed E-state index contributed by atoms with van der Waals surface area (Å²) in [5.74, 6) is -0.657. The van der Waals surface area contributed by atoms with E-state index in [4.69, 9.17) is 15.8 Å². The minimum atomic E-state index is -1.69. The predicted molar refractivity (Wildman–Crippen MR) is 49.8 cm³/mol. The highest BCUT2D eigenvalue weighted by molar-refractivity contribution is 6.58. The number of hydrogen-bond acceptors (Lipinski definition) is 6. The van der Waals surface area contributed by atoms with Crippen molar-refractivity contribution in [2.45, 2.75) is 0 Å². The largest absolute Gasteiger partial charge is 0.488 e. The van der Waals surface area contributed by atoms with Crippen LogP contribution in [0.25, 0.3) is 0 Å². The normalized spacial score (nSPS) is 9.64. The zero-order valence-electron chi connectivity index (χ0n) is 7.47. The molecule has 0 aliphatic heterocycles. The van der Waals surface area contributed by atoms with Crippen LogP contribution < -0.4 is 11.2 Å². The van der Waals surface area contributed by atoms with E-state index >= 15 is 0 Å². The maximum absolute atomic E-state index is 11.0. The van der Waals surface area contributed by atoms with Crippen molar-refractivity contribution in [3.05, 3.63) is 17.8 Å². The summed E-state index contributed by atoms with van der Waals surface area (Å²) in [5, 5.41) is 17.7. The average molecular weight is 196 g/mol. The maximum Gasteiger partial charge on any atom is 0.488 e. The number of nitrogens with two attached hydrogens (primary N) is 1. The molecule has 0 saturated heterocycles. The fourth-order valence-electron chi connectivity index (χ4n) is 0.932. The second-order valence-electron chi connectivity index (χ2n) is 2.58. The number of carbonyl (C=O) groups is 1. The highest BCUT2D eigenvalue weighted by atomic mass is 16.5. The van der Waals surface area contributed by atoms with Gasteiger partial charge in [-0.1, -0.05) is 0 Å². The topological polar surface area (TPSA) is 106 Å². The molecule has 74 valence electrons. The third kappa shape index (κ3) is 2.21. The molecule has 0 aliphatic carbocycles. The first-order chi connectivity index (χ1) is 6.54. The molecule has 0 spiro atoms. The van der Waals surface area contributed by atoms with E-state index in [0.29, 0.717) is 0 Å². The number of methoxy groups -OCH3 is 1. The van der Waals surface area contributed by atoms with E-state index in [1.807, 2.05) is 0 Å². The van der Waals surface area contributed by atoms with E-state index in [2.05, 4.69) is 9.72 Å². The first-order valence-corrected chi connectivity index (χ1v) is 3.76. The average Bonchev–Trinajstić information content (AvgIpc) is 2.15. The summed E-state index contributed by atoms with van der Waals surface area (Å²) in [6, 6.07) is 2.46. The van der Waals surface area contributed by atoms with Gasteiger partial charge in [-0.3, -0.25) is 0 Å². The van der Waals surface area contributed by atoms with Crippen molar-refractivity contribution < 1.29 is 19.6 Å². The quantitative estimate of drug-likeness (QED) is 0.378. The van der Waals surface area contributed by atoms with Gasteiger partial charge in [-0.05, 0) is 17.6 Å². The molecule has 1 aromatic rings. The number of aromatic nitrogens is 1. The van der Waals surface area contributed by atoms with Crippen molar-refractivity contribution in [1.29, 1.82) is 0 Å². The number of anilines is 1. The molecule has 1 rings (SSSR count). The van der Waals surface area contributed by atoms with Crippen molar-refractivity contribution in [1.82, 2.24) is 4.98 Å². The van der Waals surface area contributed by atoms with Gasteiger partial charge in [-0.2, -0.15) is 0 Å². The molecule has 0 bridgehead atoms. The standard InChI is InChI=1S/C7H9BN2O4/c1-14-7(11)5-2-4(8(12)13)3-6(9)10-5/h2-3,12-13H,1H3,(H2,9,10). The summed E-state index contributed by atoms with van der Waals surface area (Å²) in [4.78, 5) is 14.7. The lowest BCUT2D eigenvalue weighted by Gasteiger charge is -2.03. The Morgan fingerprint density at radius 2 is 2.21 bits per heavy atom. The van der Waals surface area contributed by atoms with Crippen LogP contribution in [-0.2, 0) is 4.74 Å². The van der Waals surface area contributed by atoms with Gasteiger partial charge in [-0.15, -0.1) is 0 Å². The third-order valence-electron chi connectivity index (χ3n) is 1.56. The number of pyridine rings is 1. The first-order valence-electron chi connectivity index (χ1n) is 3.76. The Morgan fingerprint density at radius 3 is 2.71 bits per heavy atom. The van der Waals surface area contributed by atoms with E-state index in [1.54, 1.807) is 0 Å². The fraction of sp³-hybridized carbons (Fsp3) is 0.143. The molecule has 0 aliphatic rings. The monoisotopic (exact) mass is 196 g/mol. The summed E-state index contributed by atoms with van der Waals surface area (Å²) in [5.41, 5.74) is 5.38. The highest BCUT2D eigenvalue weighted by Crippen LogP contribution is 2.00. The number of carbonyl (C=O) groups excluding carboxylic acids is 1. The Kier molecular flexibility index (Phi) is 3.05. The predicted octanol–water partition coefficient (Wildman–Crippen LogP) is -1.87. The molecule has 1 aromatic heterocycles. The summed E-state index contributed by atoms with van der Waals surface area (Å²) in [7, 11) is -0.494. The molecule has 0 atom stereocenters. The lowest BCUT2D eigenvalue weighted by Crippen LogP contribution is -2.31. The lowest BCUT2D eigenvalue weighted by molar-refractivity contribution is 0.0594. The SMILES string of the molecule is COC(=O)c1cc(B(O)O)cc(N)n1. The van der Waals surface area contributed by atoms with Crippen LogP contribution in [0.4, 0.5) is 5.82 Å². The van der Waals surface area contributed by atoms with Crippen molar-refractivity contribution >= 4 is 24.4 Å². The number of nitrogen functional groups attached to an aromatic ring is 1.